The Balaban J connectivity index is 1.74. The predicted molar refractivity (Wildman–Crippen MR) is 102 cm³/mol. The van der Waals surface area contributed by atoms with E-state index in [-0.39, 0.29) is 0 Å². The number of benzene rings is 1. The van der Waals surface area contributed by atoms with Crippen molar-refractivity contribution in [2.45, 2.75) is 25.4 Å². The van der Waals surface area contributed by atoms with E-state index in [0.29, 0.717) is 25.1 Å². The molecule has 0 radical (unpaired) electrons. The van der Waals surface area contributed by atoms with Crippen molar-refractivity contribution in [3.63, 3.8) is 0 Å². The molecule has 0 aromatic heterocycles. The zero-order chi connectivity index (χ0) is 18.1. The van der Waals surface area contributed by atoms with Crippen LogP contribution in [0, 0.1) is 0 Å². The number of guanidine groups is 1. The van der Waals surface area contributed by atoms with Gasteiger partial charge in [-0.05, 0) is 24.9 Å². The van der Waals surface area contributed by atoms with E-state index in [1.54, 1.807) is 7.05 Å². The lowest BCUT2D eigenvalue weighted by Crippen LogP contribution is -2.46. The maximum absolute atomic E-state index is 11.0. The molecule has 0 aliphatic carbocycles. The Morgan fingerprint density at radius 2 is 2.00 bits per heavy atom. The average molecular weight is 368 g/mol. The molecule has 0 saturated carbocycles. The van der Waals surface area contributed by atoms with Gasteiger partial charge in [0.15, 0.2) is 5.96 Å². The van der Waals surface area contributed by atoms with Gasteiger partial charge in [0.25, 0.3) is 0 Å². The summed E-state index contributed by atoms with van der Waals surface area (Å²) in [6, 6.07) is 11.0. The lowest BCUT2D eigenvalue weighted by atomic mass is 10.2. The molecule has 0 spiro atoms. The second-order valence-electron chi connectivity index (χ2n) is 6.30. The summed E-state index contributed by atoms with van der Waals surface area (Å²) < 4.78 is 24.5. The molecule has 1 aliphatic heterocycles. The second-order valence-corrected chi connectivity index (χ2v) is 8.13. The quantitative estimate of drug-likeness (QED) is 0.351. The molecule has 8 heteroatoms. The van der Waals surface area contributed by atoms with Gasteiger partial charge in [-0.25, -0.2) is 13.1 Å². The minimum absolute atomic E-state index is 0.336. The minimum Gasteiger partial charge on any atom is -0.355 e. The number of sulfonamides is 1. The SMILES string of the molecule is CN=C(NCCNS(C)(=O)=O)NCC1CCCN1Cc1ccccc1. The number of nitrogens with one attached hydrogen (secondary N) is 3. The third-order valence-corrected chi connectivity index (χ3v) is 4.97. The average Bonchev–Trinajstić information content (AvgIpc) is 3.01. The van der Waals surface area contributed by atoms with Gasteiger partial charge in [0.05, 0.1) is 6.26 Å². The number of hydrogen-bond acceptors (Lipinski definition) is 4. The first kappa shape index (κ1) is 19.7. The van der Waals surface area contributed by atoms with Crippen molar-refractivity contribution >= 4 is 16.0 Å². The molecule has 0 bridgehead atoms. The van der Waals surface area contributed by atoms with Crippen molar-refractivity contribution in [3.8, 4) is 0 Å². The van der Waals surface area contributed by atoms with E-state index < -0.39 is 10.0 Å². The van der Waals surface area contributed by atoms with E-state index in [9.17, 15) is 8.42 Å². The maximum atomic E-state index is 11.0. The second kappa shape index (κ2) is 9.74. The molecule has 25 heavy (non-hydrogen) atoms. The van der Waals surface area contributed by atoms with E-state index in [0.717, 1.165) is 25.9 Å². The normalized spacial score (nSPS) is 19.1. The fourth-order valence-electron chi connectivity index (χ4n) is 3.00. The van der Waals surface area contributed by atoms with E-state index in [4.69, 9.17) is 0 Å². The summed E-state index contributed by atoms with van der Waals surface area (Å²) >= 11 is 0. The Labute approximate surface area is 151 Å². The summed E-state index contributed by atoms with van der Waals surface area (Å²) in [6.45, 7) is 3.74. The molecule has 0 amide bonds. The third-order valence-electron chi connectivity index (χ3n) is 4.24. The summed E-state index contributed by atoms with van der Waals surface area (Å²) in [5, 5.41) is 6.47. The monoisotopic (exact) mass is 367 g/mol. The molecule has 1 heterocycles. The number of likely N-dealkylation sites (tertiary alicyclic amines) is 1. The van der Waals surface area contributed by atoms with Crippen molar-refractivity contribution < 1.29 is 8.42 Å². The topological polar surface area (TPSA) is 85.8 Å². The Morgan fingerprint density at radius 3 is 2.68 bits per heavy atom. The lowest BCUT2D eigenvalue weighted by Gasteiger charge is -2.25. The largest absolute Gasteiger partial charge is 0.355 e. The zero-order valence-electron chi connectivity index (χ0n) is 15.0. The van der Waals surface area contributed by atoms with Crippen molar-refractivity contribution in [2.75, 3.05) is 39.5 Å². The number of aliphatic imine (C=N–C) groups is 1. The van der Waals surface area contributed by atoms with Crippen molar-refractivity contribution in [3.05, 3.63) is 35.9 Å². The lowest BCUT2D eigenvalue weighted by molar-refractivity contribution is 0.245. The summed E-state index contributed by atoms with van der Waals surface area (Å²) in [4.78, 5) is 6.69. The first-order valence-corrected chi connectivity index (χ1v) is 10.5. The van der Waals surface area contributed by atoms with Crippen molar-refractivity contribution in [1.82, 2.24) is 20.3 Å². The van der Waals surface area contributed by atoms with Crippen LogP contribution in [0.5, 0.6) is 0 Å². The molecule has 7 nitrogen and oxygen atoms in total. The van der Waals surface area contributed by atoms with Crippen LogP contribution in [0.25, 0.3) is 0 Å². The van der Waals surface area contributed by atoms with Gasteiger partial charge in [-0.2, -0.15) is 0 Å². The molecule has 1 aromatic rings. The van der Waals surface area contributed by atoms with Crippen molar-refractivity contribution in [2.24, 2.45) is 4.99 Å². The standard InChI is InChI=1S/C17H29N5O2S/c1-18-17(19-10-11-21-25(2,23)24)20-13-16-9-6-12-22(16)14-15-7-4-3-5-8-15/h3-5,7-8,16,21H,6,9-14H2,1-2H3,(H2,18,19,20). The molecule has 2 rings (SSSR count). The van der Waals surface area contributed by atoms with Gasteiger partial charge in [-0.15, -0.1) is 0 Å². The molecule has 1 saturated heterocycles. The number of rotatable bonds is 8. The highest BCUT2D eigenvalue weighted by molar-refractivity contribution is 7.88. The highest BCUT2D eigenvalue weighted by atomic mass is 32.2. The van der Waals surface area contributed by atoms with Crippen LogP contribution in [-0.4, -0.2) is 64.8 Å². The van der Waals surface area contributed by atoms with Crippen LogP contribution in [0.1, 0.15) is 18.4 Å². The Bertz CT molecular complexity index is 648. The van der Waals surface area contributed by atoms with Crippen molar-refractivity contribution in [1.29, 1.82) is 0 Å². The highest BCUT2D eigenvalue weighted by Crippen LogP contribution is 2.19. The van der Waals surface area contributed by atoms with Crippen LogP contribution in [0.2, 0.25) is 0 Å². The number of hydrogen-bond donors (Lipinski definition) is 3. The molecule has 1 unspecified atom stereocenters. The predicted octanol–water partition coefficient (Wildman–Crippen LogP) is 0.365. The van der Waals surface area contributed by atoms with Gasteiger partial charge >= 0.3 is 0 Å². The minimum atomic E-state index is -3.15. The maximum Gasteiger partial charge on any atom is 0.208 e. The summed E-state index contributed by atoms with van der Waals surface area (Å²) in [5.74, 6) is 0.696. The first-order valence-electron chi connectivity index (χ1n) is 8.65. The molecular weight excluding hydrogens is 338 g/mol. The van der Waals surface area contributed by atoms with Crippen LogP contribution >= 0.6 is 0 Å². The smallest absolute Gasteiger partial charge is 0.208 e. The van der Waals surface area contributed by atoms with Gasteiger partial charge in [0, 0.05) is 39.3 Å². The van der Waals surface area contributed by atoms with Crippen LogP contribution < -0.4 is 15.4 Å². The molecule has 3 N–H and O–H groups in total. The summed E-state index contributed by atoms with van der Waals surface area (Å²) in [5.41, 5.74) is 1.34. The van der Waals surface area contributed by atoms with Gasteiger partial charge < -0.3 is 10.6 Å². The number of nitrogens with zero attached hydrogens (tertiary/aromatic N) is 2. The summed E-state index contributed by atoms with van der Waals surface area (Å²) in [7, 11) is -1.43. The molecule has 1 aliphatic rings. The zero-order valence-corrected chi connectivity index (χ0v) is 15.8. The van der Waals surface area contributed by atoms with Gasteiger partial charge in [-0.1, -0.05) is 30.3 Å². The van der Waals surface area contributed by atoms with E-state index >= 15 is 0 Å². The molecule has 140 valence electrons. The fraction of sp³-hybridized carbons (Fsp3) is 0.588. The Hall–Kier alpha value is -1.64. The highest BCUT2D eigenvalue weighted by Gasteiger charge is 2.24. The molecule has 1 fully saturated rings. The van der Waals surface area contributed by atoms with Gasteiger partial charge in [0.2, 0.25) is 10.0 Å². The Morgan fingerprint density at radius 1 is 1.24 bits per heavy atom. The van der Waals surface area contributed by atoms with E-state index in [1.807, 2.05) is 6.07 Å². The van der Waals surface area contributed by atoms with Crippen LogP contribution in [0.4, 0.5) is 0 Å². The molecule has 1 atom stereocenters. The van der Waals surface area contributed by atoms with Crippen LogP contribution in [0.15, 0.2) is 35.3 Å². The van der Waals surface area contributed by atoms with Crippen LogP contribution in [0.3, 0.4) is 0 Å². The fourth-order valence-corrected chi connectivity index (χ4v) is 3.48. The first-order chi connectivity index (χ1) is 12.0. The van der Waals surface area contributed by atoms with E-state index in [1.165, 1.54) is 18.4 Å². The van der Waals surface area contributed by atoms with E-state index in [2.05, 4.69) is 49.5 Å². The Kier molecular flexibility index (Phi) is 7.67. The van der Waals surface area contributed by atoms with Crippen LogP contribution in [-0.2, 0) is 16.6 Å². The van der Waals surface area contributed by atoms with Gasteiger partial charge in [0.1, 0.15) is 0 Å². The summed E-state index contributed by atoms with van der Waals surface area (Å²) in [6.07, 6.45) is 3.54. The third kappa shape index (κ3) is 7.41. The molecule has 1 aromatic carbocycles. The molecular formula is C17H29N5O2S. The van der Waals surface area contributed by atoms with Gasteiger partial charge in [-0.3, -0.25) is 9.89 Å².